The van der Waals surface area contributed by atoms with Crippen molar-refractivity contribution in [3.8, 4) is 0 Å². The van der Waals surface area contributed by atoms with Crippen LogP contribution in [0.1, 0.15) is 32.6 Å². The van der Waals surface area contributed by atoms with Crippen LogP contribution in [0.5, 0.6) is 0 Å². The van der Waals surface area contributed by atoms with Gasteiger partial charge in [-0.1, -0.05) is 0 Å². The minimum Gasteiger partial charge on any atom is -0.381 e. The Kier molecular flexibility index (Phi) is 6.07. The summed E-state index contributed by atoms with van der Waals surface area (Å²) in [6.07, 6.45) is 5.11. The Labute approximate surface area is 117 Å². The number of nitrogens with zero attached hydrogens (tertiary/aromatic N) is 1. The molecule has 1 saturated heterocycles. The molecule has 0 radical (unpaired) electrons. The maximum atomic E-state index is 5.56. The zero-order valence-electron chi connectivity index (χ0n) is 12.6. The highest BCUT2D eigenvalue weighted by Gasteiger charge is 2.35. The fourth-order valence-electron chi connectivity index (χ4n) is 2.86. The number of hydrogen-bond acceptors (Lipinski definition) is 4. The first-order valence-electron chi connectivity index (χ1n) is 7.81. The van der Waals surface area contributed by atoms with Crippen molar-refractivity contribution in [1.82, 2.24) is 10.2 Å². The van der Waals surface area contributed by atoms with Gasteiger partial charge in [0.1, 0.15) is 0 Å². The van der Waals surface area contributed by atoms with Crippen LogP contribution < -0.4 is 5.32 Å². The van der Waals surface area contributed by atoms with E-state index in [9.17, 15) is 0 Å². The lowest BCUT2D eigenvalue weighted by molar-refractivity contribution is -0.00435. The smallest absolute Gasteiger partial charge is 0.0593 e. The second kappa shape index (κ2) is 7.58. The number of hydrogen-bond donors (Lipinski definition) is 1. The van der Waals surface area contributed by atoms with Gasteiger partial charge in [0.25, 0.3) is 0 Å². The molecule has 1 N–H and O–H groups in total. The monoisotopic (exact) mass is 270 g/mol. The molecule has 19 heavy (non-hydrogen) atoms. The van der Waals surface area contributed by atoms with Crippen LogP contribution >= 0.6 is 0 Å². The molecule has 0 unspecified atom stereocenters. The summed E-state index contributed by atoms with van der Waals surface area (Å²) in [6.45, 7) is 8.89. The Bertz CT molecular complexity index is 251. The minimum atomic E-state index is 0.405. The molecule has 4 heteroatoms. The average Bonchev–Trinajstić information content (AvgIpc) is 3.22. The minimum absolute atomic E-state index is 0.405. The van der Waals surface area contributed by atoms with Crippen LogP contribution in [0.2, 0.25) is 0 Å². The molecule has 4 nitrogen and oxygen atoms in total. The molecule has 0 aromatic carbocycles. The fourth-order valence-corrected chi connectivity index (χ4v) is 2.86. The molecule has 0 amide bonds. The fraction of sp³-hybridized carbons (Fsp3) is 1.00. The Morgan fingerprint density at radius 2 is 2.05 bits per heavy atom. The van der Waals surface area contributed by atoms with Crippen molar-refractivity contribution < 1.29 is 9.47 Å². The standard InChI is InChI=1S/C15H30N2O2/c1-3-18-11-8-17(2)13-15(6-9-19-10-7-15)12-16-14-4-5-14/h14,16H,3-13H2,1-2H3. The van der Waals surface area contributed by atoms with Gasteiger partial charge >= 0.3 is 0 Å². The molecular weight excluding hydrogens is 240 g/mol. The van der Waals surface area contributed by atoms with E-state index in [1.165, 1.54) is 25.7 Å². The molecule has 2 rings (SSSR count). The molecule has 2 fully saturated rings. The highest BCUT2D eigenvalue weighted by atomic mass is 16.5. The average molecular weight is 270 g/mol. The van der Waals surface area contributed by atoms with Gasteiger partial charge in [-0.05, 0) is 45.1 Å². The van der Waals surface area contributed by atoms with Crippen molar-refractivity contribution in [2.75, 3.05) is 53.1 Å². The normalized spacial score (nSPS) is 22.9. The maximum absolute atomic E-state index is 5.56. The maximum Gasteiger partial charge on any atom is 0.0593 e. The molecule has 0 spiro atoms. The first-order valence-corrected chi connectivity index (χ1v) is 7.81. The number of rotatable bonds is 9. The first kappa shape index (κ1) is 15.2. The summed E-state index contributed by atoms with van der Waals surface area (Å²) < 4.78 is 11.0. The van der Waals surface area contributed by atoms with Gasteiger partial charge in [-0.15, -0.1) is 0 Å². The van der Waals surface area contributed by atoms with Crippen molar-refractivity contribution >= 4 is 0 Å². The first-order chi connectivity index (χ1) is 9.24. The Hall–Kier alpha value is -0.160. The van der Waals surface area contributed by atoms with E-state index >= 15 is 0 Å². The van der Waals surface area contributed by atoms with Crippen molar-refractivity contribution in [3.63, 3.8) is 0 Å². The molecule has 1 aliphatic carbocycles. The summed E-state index contributed by atoms with van der Waals surface area (Å²) in [6, 6.07) is 0.799. The van der Waals surface area contributed by atoms with E-state index in [0.717, 1.165) is 52.1 Å². The molecule has 0 aromatic heterocycles. The number of nitrogens with one attached hydrogen (secondary N) is 1. The van der Waals surface area contributed by atoms with Crippen LogP contribution in [0.15, 0.2) is 0 Å². The second-order valence-corrected chi connectivity index (χ2v) is 6.20. The molecular formula is C15H30N2O2. The molecule has 0 atom stereocenters. The van der Waals surface area contributed by atoms with E-state index in [2.05, 4.69) is 24.2 Å². The van der Waals surface area contributed by atoms with Crippen LogP contribution in [-0.4, -0.2) is 64.1 Å². The predicted octanol–water partition coefficient (Wildman–Crippen LogP) is 1.50. The third kappa shape index (κ3) is 5.38. The predicted molar refractivity (Wildman–Crippen MR) is 77.5 cm³/mol. The molecule has 1 heterocycles. The summed E-state index contributed by atoms with van der Waals surface area (Å²) in [5.41, 5.74) is 0.405. The van der Waals surface area contributed by atoms with Crippen LogP contribution in [0, 0.1) is 5.41 Å². The topological polar surface area (TPSA) is 33.7 Å². The van der Waals surface area contributed by atoms with Gasteiger partial charge < -0.3 is 19.7 Å². The summed E-state index contributed by atoms with van der Waals surface area (Å²) in [7, 11) is 2.22. The van der Waals surface area contributed by atoms with Gasteiger partial charge in [-0.2, -0.15) is 0 Å². The second-order valence-electron chi connectivity index (χ2n) is 6.20. The van der Waals surface area contributed by atoms with Crippen molar-refractivity contribution in [2.24, 2.45) is 5.41 Å². The highest BCUT2D eigenvalue weighted by Crippen LogP contribution is 2.32. The quantitative estimate of drug-likeness (QED) is 0.644. The lowest BCUT2D eigenvalue weighted by Crippen LogP contribution is -2.47. The van der Waals surface area contributed by atoms with E-state index in [-0.39, 0.29) is 0 Å². The Balaban J connectivity index is 1.77. The molecule has 0 bridgehead atoms. The van der Waals surface area contributed by atoms with Crippen LogP contribution in [0.4, 0.5) is 0 Å². The lowest BCUT2D eigenvalue weighted by Gasteiger charge is -2.40. The Morgan fingerprint density at radius 1 is 1.32 bits per heavy atom. The van der Waals surface area contributed by atoms with Gasteiger partial charge in [-0.25, -0.2) is 0 Å². The largest absolute Gasteiger partial charge is 0.381 e. The molecule has 0 aromatic rings. The van der Waals surface area contributed by atoms with Gasteiger partial charge in [0.15, 0.2) is 0 Å². The zero-order chi connectivity index (χ0) is 13.6. The van der Waals surface area contributed by atoms with E-state index < -0.39 is 0 Å². The molecule has 1 aliphatic heterocycles. The van der Waals surface area contributed by atoms with Crippen molar-refractivity contribution in [3.05, 3.63) is 0 Å². The highest BCUT2D eigenvalue weighted by molar-refractivity contribution is 4.90. The third-order valence-electron chi connectivity index (χ3n) is 4.32. The van der Waals surface area contributed by atoms with Gasteiger partial charge in [0, 0.05) is 45.5 Å². The van der Waals surface area contributed by atoms with Crippen molar-refractivity contribution in [2.45, 2.75) is 38.6 Å². The third-order valence-corrected chi connectivity index (χ3v) is 4.32. The summed E-state index contributed by atoms with van der Waals surface area (Å²) in [5.74, 6) is 0. The lowest BCUT2D eigenvalue weighted by atomic mass is 9.79. The summed E-state index contributed by atoms with van der Waals surface area (Å²) in [4.78, 5) is 2.43. The molecule has 1 saturated carbocycles. The van der Waals surface area contributed by atoms with Crippen LogP contribution in [0.25, 0.3) is 0 Å². The van der Waals surface area contributed by atoms with Crippen molar-refractivity contribution in [1.29, 1.82) is 0 Å². The van der Waals surface area contributed by atoms with Gasteiger partial charge in [-0.3, -0.25) is 0 Å². The van der Waals surface area contributed by atoms with Gasteiger partial charge in [0.2, 0.25) is 0 Å². The van der Waals surface area contributed by atoms with E-state index in [1.54, 1.807) is 0 Å². The molecule has 2 aliphatic rings. The van der Waals surface area contributed by atoms with Gasteiger partial charge in [0.05, 0.1) is 6.61 Å². The summed E-state index contributed by atoms with van der Waals surface area (Å²) in [5, 5.41) is 3.73. The van der Waals surface area contributed by atoms with E-state index in [0.29, 0.717) is 5.41 Å². The Morgan fingerprint density at radius 3 is 2.68 bits per heavy atom. The number of ether oxygens (including phenoxy) is 2. The summed E-state index contributed by atoms with van der Waals surface area (Å²) >= 11 is 0. The van der Waals surface area contributed by atoms with Crippen LogP contribution in [-0.2, 0) is 9.47 Å². The van der Waals surface area contributed by atoms with E-state index in [4.69, 9.17) is 9.47 Å². The number of likely N-dealkylation sites (N-methyl/N-ethyl adjacent to an activating group) is 1. The zero-order valence-corrected chi connectivity index (χ0v) is 12.6. The van der Waals surface area contributed by atoms with Crippen LogP contribution in [0.3, 0.4) is 0 Å². The SMILES string of the molecule is CCOCCN(C)CC1(CNC2CC2)CCOCC1. The molecule has 112 valence electrons. The van der Waals surface area contributed by atoms with E-state index in [1.807, 2.05) is 0 Å².